The highest BCUT2D eigenvalue weighted by Crippen LogP contribution is 2.28. The van der Waals surface area contributed by atoms with Crippen LogP contribution in [-0.2, 0) is 0 Å². The number of piperazine rings is 1. The van der Waals surface area contributed by atoms with Gasteiger partial charge in [-0.05, 0) is 55.3 Å². The summed E-state index contributed by atoms with van der Waals surface area (Å²) < 4.78 is 7.00. The van der Waals surface area contributed by atoms with Crippen LogP contribution in [-0.4, -0.2) is 49.2 Å². The number of halogens is 2. The van der Waals surface area contributed by atoms with Gasteiger partial charge in [-0.25, -0.2) is 0 Å². The molecule has 0 aromatic heterocycles. The standard InChI is InChI=1S/C28H29BrClN3O3/c29-27-9-2-1-6-22(27)10-11-23-20-26(33(34)35)12-13-28(23)36-19-4-3-14-31-15-17-32(18-16-31)25-8-5-7-24(30)21-25/h1-2,5-13,20-21H,3-4,14-19H2. The summed E-state index contributed by atoms with van der Waals surface area (Å²) in [6.45, 7) is 5.64. The lowest BCUT2D eigenvalue weighted by atomic mass is 10.1. The molecule has 0 spiro atoms. The molecule has 1 heterocycles. The predicted molar refractivity (Wildman–Crippen MR) is 151 cm³/mol. The summed E-state index contributed by atoms with van der Waals surface area (Å²) in [5.74, 6) is 0.652. The molecule has 4 rings (SSSR count). The topological polar surface area (TPSA) is 58.9 Å². The van der Waals surface area contributed by atoms with Crippen molar-refractivity contribution >= 4 is 51.1 Å². The van der Waals surface area contributed by atoms with Gasteiger partial charge in [-0.2, -0.15) is 0 Å². The van der Waals surface area contributed by atoms with Crippen LogP contribution in [0.1, 0.15) is 24.0 Å². The molecule has 3 aromatic carbocycles. The van der Waals surface area contributed by atoms with E-state index in [4.69, 9.17) is 16.3 Å². The van der Waals surface area contributed by atoms with Crippen LogP contribution in [0.2, 0.25) is 5.02 Å². The first-order valence-corrected chi connectivity index (χ1v) is 13.2. The molecule has 1 aliphatic rings. The van der Waals surface area contributed by atoms with Gasteiger partial charge < -0.3 is 9.64 Å². The molecular formula is C28H29BrClN3O3. The van der Waals surface area contributed by atoms with Crippen molar-refractivity contribution in [1.29, 1.82) is 0 Å². The zero-order valence-corrected chi connectivity index (χ0v) is 22.3. The molecule has 0 saturated carbocycles. The van der Waals surface area contributed by atoms with E-state index in [2.05, 4.69) is 31.8 Å². The maximum Gasteiger partial charge on any atom is 0.270 e. The number of non-ortho nitro benzene ring substituents is 1. The molecule has 0 aliphatic carbocycles. The number of anilines is 1. The smallest absolute Gasteiger partial charge is 0.270 e. The summed E-state index contributed by atoms with van der Waals surface area (Å²) in [5.41, 5.74) is 2.91. The van der Waals surface area contributed by atoms with Crippen LogP contribution >= 0.6 is 27.5 Å². The number of nitro groups is 1. The third-order valence-electron chi connectivity index (χ3n) is 6.22. The van der Waals surface area contributed by atoms with Crippen LogP contribution < -0.4 is 9.64 Å². The fourth-order valence-electron chi connectivity index (χ4n) is 4.22. The Bertz CT molecular complexity index is 1210. The predicted octanol–water partition coefficient (Wildman–Crippen LogP) is 7.16. The first kappa shape index (κ1) is 26.2. The normalized spacial score (nSPS) is 14.3. The highest BCUT2D eigenvalue weighted by atomic mass is 79.9. The second-order valence-electron chi connectivity index (χ2n) is 8.70. The van der Waals surface area contributed by atoms with Crippen molar-refractivity contribution in [1.82, 2.24) is 4.90 Å². The summed E-state index contributed by atoms with van der Waals surface area (Å²) >= 11 is 9.67. The molecule has 1 saturated heterocycles. The molecule has 36 heavy (non-hydrogen) atoms. The van der Waals surface area contributed by atoms with Crippen LogP contribution in [0.4, 0.5) is 11.4 Å². The molecule has 1 fully saturated rings. The lowest BCUT2D eigenvalue weighted by Crippen LogP contribution is -2.46. The summed E-state index contributed by atoms with van der Waals surface area (Å²) in [6.07, 6.45) is 5.74. The maximum atomic E-state index is 11.3. The van der Waals surface area contributed by atoms with E-state index in [-0.39, 0.29) is 10.6 Å². The van der Waals surface area contributed by atoms with Gasteiger partial charge in [0.25, 0.3) is 5.69 Å². The lowest BCUT2D eigenvalue weighted by molar-refractivity contribution is -0.384. The minimum atomic E-state index is -0.383. The van der Waals surface area contributed by atoms with Crippen molar-refractivity contribution in [3.8, 4) is 5.75 Å². The fourth-order valence-corrected chi connectivity index (χ4v) is 4.82. The summed E-state index contributed by atoms with van der Waals surface area (Å²) in [7, 11) is 0. The van der Waals surface area contributed by atoms with Gasteiger partial charge in [-0.1, -0.05) is 63.9 Å². The van der Waals surface area contributed by atoms with E-state index in [0.717, 1.165) is 60.6 Å². The Morgan fingerprint density at radius 2 is 1.72 bits per heavy atom. The first-order chi connectivity index (χ1) is 17.5. The number of nitro benzene ring substituents is 1. The number of rotatable bonds is 10. The molecule has 0 amide bonds. The number of unbranched alkanes of at least 4 members (excludes halogenated alkanes) is 1. The molecule has 0 radical (unpaired) electrons. The van der Waals surface area contributed by atoms with Crippen molar-refractivity contribution in [3.05, 3.63) is 97.5 Å². The third-order valence-corrected chi connectivity index (χ3v) is 7.18. The number of ether oxygens (including phenoxy) is 1. The Hall–Kier alpha value is -2.87. The molecule has 0 atom stereocenters. The van der Waals surface area contributed by atoms with Crippen LogP contribution in [0.15, 0.2) is 71.2 Å². The van der Waals surface area contributed by atoms with Gasteiger partial charge in [0.05, 0.1) is 11.5 Å². The van der Waals surface area contributed by atoms with Gasteiger partial charge in [0.2, 0.25) is 0 Å². The van der Waals surface area contributed by atoms with E-state index in [1.807, 2.05) is 54.6 Å². The van der Waals surface area contributed by atoms with E-state index in [9.17, 15) is 10.1 Å². The molecule has 188 valence electrons. The Balaban J connectivity index is 1.26. The molecule has 1 aliphatic heterocycles. The van der Waals surface area contributed by atoms with Crippen molar-refractivity contribution < 1.29 is 9.66 Å². The number of hydrogen-bond donors (Lipinski definition) is 0. The zero-order valence-electron chi connectivity index (χ0n) is 20.0. The quantitative estimate of drug-likeness (QED) is 0.112. The Morgan fingerprint density at radius 3 is 2.47 bits per heavy atom. The minimum absolute atomic E-state index is 0.0473. The van der Waals surface area contributed by atoms with Crippen molar-refractivity contribution in [2.75, 3.05) is 44.2 Å². The highest BCUT2D eigenvalue weighted by molar-refractivity contribution is 9.10. The monoisotopic (exact) mass is 569 g/mol. The molecule has 0 bridgehead atoms. The Kier molecular flexibility index (Phi) is 9.39. The molecule has 0 N–H and O–H groups in total. The number of nitrogens with zero attached hydrogens (tertiary/aromatic N) is 3. The average Bonchev–Trinajstić information content (AvgIpc) is 2.88. The molecule has 6 nitrogen and oxygen atoms in total. The number of hydrogen-bond acceptors (Lipinski definition) is 5. The van der Waals surface area contributed by atoms with Crippen LogP contribution in [0, 0.1) is 10.1 Å². The third kappa shape index (κ3) is 7.32. The highest BCUT2D eigenvalue weighted by Gasteiger charge is 2.17. The molecule has 8 heteroatoms. The molecular weight excluding hydrogens is 542 g/mol. The lowest BCUT2D eigenvalue weighted by Gasteiger charge is -2.36. The zero-order chi connectivity index (χ0) is 25.3. The van der Waals surface area contributed by atoms with Gasteiger partial charge in [-0.3, -0.25) is 15.0 Å². The van der Waals surface area contributed by atoms with E-state index in [0.29, 0.717) is 17.9 Å². The largest absolute Gasteiger partial charge is 0.493 e. The minimum Gasteiger partial charge on any atom is -0.493 e. The SMILES string of the molecule is O=[N+]([O-])c1ccc(OCCCCN2CCN(c3cccc(Cl)c3)CC2)c(C=Cc2ccccc2Br)c1. The van der Waals surface area contributed by atoms with E-state index in [1.165, 1.54) is 11.8 Å². The molecule has 3 aromatic rings. The van der Waals surface area contributed by atoms with E-state index in [1.54, 1.807) is 12.1 Å². The first-order valence-electron chi connectivity index (χ1n) is 12.1. The fraction of sp³-hybridized carbons (Fsp3) is 0.286. The second kappa shape index (κ2) is 12.9. The van der Waals surface area contributed by atoms with Crippen LogP contribution in [0.5, 0.6) is 5.75 Å². The van der Waals surface area contributed by atoms with Crippen LogP contribution in [0.25, 0.3) is 12.2 Å². The van der Waals surface area contributed by atoms with Gasteiger partial charge in [0, 0.05) is 59.1 Å². The maximum absolute atomic E-state index is 11.3. The summed E-state index contributed by atoms with van der Waals surface area (Å²) in [6, 6.07) is 20.6. The van der Waals surface area contributed by atoms with E-state index >= 15 is 0 Å². The number of benzene rings is 3. The van der Waals surface area contributed by atoms with E-state index < -0.39 is 0 Å². The van der Waals surface area contributed by atoms with Gasteiger partial charge in [0.15, 0.2) is 0 Å². The Labute approximate surface area is 225 Å². The second-order valence-corrected chi connectivity index (χ2v) is 9.99. The average molecular weight is 571 g/mol. The van der Waals surface area contributed by atoms with Gasteiger partial charge in [-0.15, -0.1) is 0 Å². The van der Waals surface area contributed by atoms with Crippen molar-refractivity contribution in [2.45, 2.75) is 12.8 Å². The van der Waals surface area contributed by atoms with Gasteiger partial charge in [0.1, 0.15) is 5.75 Å². The van der Waals surface area contributed by atoms with Crippen LogP contribution in [0.3, 0.4) is 0 Å². The molecule has 0 unspecified atom stereocenters. The Morgan fingerprint density at radius 1 is 0.944 bits per heavy atom. The summed E-state index contributed by atoms with van der Waals surface area (Å²) in [4.78, 5) is 15.8. The summed E-state index contributed by atoms with van der Waals surface area (Å²) in [5, 5.41) is 12.1. The van der Waals surface area contributed by atoms with Crippen molar-refractivity contribution in [2.24, 2.45) is 0 Å². The van der Waals surface area contributed by atoms with Gasteiger partial charge >= 0.3 is 0 Å². The van der Waals surface area contributed by atoms with Crippen molar-refractivity contribution in [3.63, 3.8) is 0 Å².